The average molecular weight is 402 g/mol. The fourth-order valence-corrected chi connectivity index (χ4v) is 3.16. The predicted molar refractivity (Wildman–Crippen MR) is 112 cm³/mol. The van der Waals surface area contributed by atoms with Crippen molar-refractivity contribution < 1.29 is 24.5 Å². The maximum absolute atomic E-state index is 11.4. The smallest absolute Gasteiger partial charge is 0.339 e. The van der Waals surface area contributed by atoms with E-state index in [0.29, 0.717) is 33.9 Å². The Morgan fingerprint density at radius 2 is 1.20 bits per heavy atom. The summed E-state index contributed by atoms with van der Waals surface area (Å²) in [6.45, 7) is 0. The molecule has 4 rings (SSSR count). The van der Waals surface area contributed by atoms with Gasteiger partial charge in [-0.3, -0.25) is 0 Å². The van der Waals surface area contributed by atoms with E-state index in [1.54, 1.807) is 14.2 Å². The van der Waals surface area contributed by atoms with Gasteiger partial charge in [0.2, 0.25) is 0 Å². The predicted octanol–water partition coefficient (Wildman–Crippen LogP) is 4.38. The molecule has 0 amide bonds. The van der Waals surface area contributed by atoms with Crippen LogP contribution in [0.4, 0.5) is 0 Å². The van der Waals surface area contributed by atoms with Gasteiger partial charge >= 0.3 is 5.97 Å². The summed E-state index contributed by atoms with van der Waals surface area (Å²) in [5, 5.41) is 19.4. The Kier molecular flexibility index (Phi) is 4.93. The zero-order valence-electron chi connectivity index (χ0n) is 16.3. The monoisotopic (exact) mass is 402 g/mol. The SMILES string of the molecule is COc1ccc(-c2nc3cc(O)c(C(=O)O)cc3nc2-c2ccc(OC)cc2)cc1. The van der Waals surface area contributed by atoms with Crippen LogP contribution in [0, 0.1) is 0 Å². The van der Waals surface area contributed by atoms with Crippen LogP contribution in [0.25, 0.3) is 33.5 Å². The summed E-state index contributed by atoms with van der Waals surface area (Å²) in [5.74, 6) is -0.178. The van der Waals surface area contributed by atoms with Crippen molar-refractivity contribution in [2.75, 3.05) is 14.2 Å². The molecule has 0 unspecified atom stereocenters. The number of carbonyl (C=O) groups is 1. The summed E-state index contributed by atoms with van der Waals surface area (Å²) in [6, 6.07) is 17.4. The molecule has 0 atom stereocenters. The molecule has 1 aromatic heterocycles. The van der Waals surface area contributed by atoms with Gasteiger partial charge in [-0.1, -0.05) is 0 Å². The largest absolute Gasteiger partial charge is 0.507 e. The number of rotatable bonds is 5. The van der Waals surface area contributed by atoms with E-state index in [0.717, 1.165) is 11.1 Å². The van der Waals surface area contributed by atoms with Crippen molar-refractivity contribution in [3.05, 3.63) is 66.2 Å². The number of ether oxygens (including phenoxy) is 2. The van der Waals surface area contributed by atoms with E-state index in [4.69, 9.17) is 19.4 Å². The Morgan fingerprint density at radius 3 is 1.60 bits per heavy atom. The van der Waals surface area contributed by atoms with Gasteiger partial charge in [0.25, 0.3) is 0 Å². The molecule has 0 aliphatic heterocycles. The molecule has 4 aromatic rings. The lowest BCUT2D eigenvalue weighted by Crippen LogP contribution is -2.00. The maximum Gasteiger partial charge on any atom is 0.339 e. The molecule has 0 aliphatic rings. The molecule has 7 nitrogen and oxygen atoms in total. The first-order valence-electron chi connectivity index (χ1n) is 9.07. The maximum atomic E-state index is 11.4. The second-order valence-electron chi connectivity index (χ2n) is 6.54. The highest BCUT2D eigenvalue weighted by molar-refractivity contribution is 5.97. The molecule has 7 heteroatoms. The Balaban J connectivity index is 1.98. The summed E-state index contributed by atoms with van der Waals surface area (Å²) in [6.07, 6.45) is 0. The summed E-state index contributed by atoms with van der Waals surface area (Å²) < 4.78 is 10.5. The van der Waals surface area contributed by atoms with Gasteiger partial charge in [0, 0.05) is 17.2 Å². The minimum absolute atomic E-state index is 0.227. The van der Waals surface area contributed by atoms with Gasteiger partial charge in [-0.2, -0.15) is 0 Å². The lowest BCUT2D eigenvalue weighted by Gasteiger charge is -2.12. The number of aromatic hydroxyl groups is 1. The molecule has 0 saturated carbocycles. The molecule has 0 bridgehead atoms. The number of hydrogen-bond donors (Lipinski definition) is 2. The van der Waals surface area contributed by atoms with Crippen LogP contribution in [0.3, 0.4) is 0 Å². The molecular weight excluding hydrogens is 384 g/mol. The number of hydrogen-bond acceptors (Lipinski definition) is 6. The second-order valence-corrected chi connectivity index (χ2v) is 6.54. The molecule has 1 heterocycles. The Hall–Kier alpha value is -4.13. The third-order valence-corrected chi connectivity index (χ3v) is 4.74. The first-order chi connectivity index (χ1) is 14.5. The Morgan fingerprint density at radius 1 is 0.767 bits per heavy atom. The highest BCUT2D eigenvalue weighted by atomic mass is 16.5. The molecule has 0 radical (unpaired) electrons. The molecule has 0 saturated heterocycles. The van der Waals surface area contributed by atoms with Crippen LogP contribution in [0.2, 0.25) is 0 Å². The van der Waals surface area contributed by atoms with Gasteiger partial charge in [0.1, 0.15) is 22.8 Å². The van der Waals surface area contributed by atoms with E-state index in [9.17, 15) is 15.0 Å². The highest BCUT2D eigenvalue weighted by Gasteiger charge is 2.17. The molecule has 0 fully saturated rings. The molecule has 3 aromatic carbocycles. The van der Waals surface area contributed by atoms with E-state index in [-0.39, 0.29) is 11.3 Å². The zero-order chi connectivity index (χ0) is 21.3. The minimum atomic E-state index is -1.23. The van der Waals surface area contributed by atoms with Crippen molar-refractivity contribution in [2.45, 2.75) is 0 Å². The molecule has 2 N–H and O–H groups in total. The Bertz CT molecular complexity index is 1240. The number of aromatic nitrogens is 2. The van der Waals surface area contributed by atoms with Crippen molar-refractivity contribution in [3.63, 3.8) is 0 Å². The number of nitrogens with zero attached hydrogens (tertiary/aromatic N) is 2. The summed E-state index contributed by atoms with van der Waals surface area (Å²) in [7, 11) is 3.18. The molecule has 0 aliphatic carbocycles. The number of phenols is 1. The third kappa shape index (κ3) is 3.48. The standard InChI is InChI=1S/C23H18N2O5/c1-29-15-7-3-13(4-8-15)21-22(14-5-9-16(30-2)10-6-14)25-19-12-20(26)17(23(27)28)11-18(19)24-21/h3-12,26H,1-2H3,(H,27,28). The topological polar surface area (TPSA) is 102 Å². The molecule has 0 spiro atoms. The van der Waals surface area contributed by atoms with Gasteiger partial charge in [-0.15, -0.1) is 0 Å². The number of carboxylic acid groups (broad SMARTS) is 1. The first kappa shape index (κ1) is 19.2. The van der Waals surface area contributed by atoms with Crippen molar-refractivity contribution in [2.24, 2.45) is 0 Å². The highest BCUT2D eigenvalue weighted by Crippen LogP contribution is 2.34. The zero-order valence-corrected chi connectivity index (χ0v) is 16.3. The Labute approximate surface area is 172 Å². The summed E-state index contributed by atoms with van der Waals surface area (Å²) >= 11 is 0. The average Bonchev–Trinajstić information content (AvgIpc) is 2.78. The van der Waals surface area contributed by atoms with Gasteiger partial charge in [0.15, 0.2) is 0 Å². The molecule has 30 heavy (non-hydrogen) atoms. The number of benzene rings is 3. The van der Waals surface area contributed by atoms with E-state index in [2.05, 4.69) is 0 Å². The van der Waals surface area contributed by atoms with Crippen LogP contribution >= 0.6 is 0 Å². The molecule has 150 valence electrons. The van der Waals surface area contributed by atoms with Gasteiger partial charge in [-0.05, 0) is 54.6 Å². The normalized spacial score (nSPS) is 10.7. The van der Waals surface area contributed by atoms with E-state index in [1.165, 1.54) is 12.1 Å². The minimum Gasteiger partial charge on any atom is -0.507 e. The lowest BCUT2D eigenvalue weighted by atomic mass is 10.0. The van der Waals surface area contributed by atoms with Gasteiger partial charge in [-0.25, -0.2) is 14.8 Å². The summed E-state index contributed by atoms with van der Waals surface area (Å²) in [4.78, 5) is 20.8. The van der Waals surface area contributed by atoms with Crippen LogP contribution in [-0.4, -0.2) is 40.4 Å². The fourth-order valence-electron chi connectivity index (χ4n) is 3.16. The number of carboxylic acids is 1. The van der Waals surface area contributed by atoms with Crippen LogP contribution in [0.5, 0.6) is 17.2 Å². The van der Waals surface area contributed by atoms with Crippen LogP contribution in [0.1, 0.15) is 10.4 Å². The van der Waals surface area contributed by atoms with Crippen molar-refractivity contribution >= 4 is 17.0 Å². The van der Waals surface area contributed by atoms with Crippen LogP contribution < -0.4 is 9.47 Å². The molecular formula is C23H18N2O5. The quantitative estimate of drug-likeness (QED) is 0.511. The van der Waals surface area contributed by atoms with Gasteiger partial charge < -0.3 is 19.7 Å². The van der Waals surface area contributed by atoms with E-state index >= 15 is 0 Å². The third-order valence-electron chi connectivity index (χ3n) is 4.74. The van der Waals surface area contributed by atoms with Crippen molar-refractivity contribution in [1.82, 2.24) is 9.97 Å². The first-order valence-corrected chi connectivity index (χ1v) is 9.07. The number of fused-ring (bicyclic) bond motifs is 1. The van der Waals surface area contributed by atoms with Gasteiger partial charge in [0.05, 0.1) is 36.6 Å². The van der Waals surface area contributed by atoms with Crippen LogP contribution in [0.15, 0.2) is 60.7 Å². The lowest BCUT2D eigenvalue weighted by molar-refractivity contribution is 0.0694. The number of methoxy groups -OCH3 is 2. The number of aromatic carboxylic acids is 1. The second kappa shape index (κ2) is 7.71. The summed E-state index contributed by atoms with van der Waals surface area (Å²) in [5.41, 5.74) is 3.30. The van der Waals surface area contributed by atoms with Crippen molar-refractivity contribution in [1.29, 1.82) is 0 Å². The van der Waals surface area contributed by atoms with E-state index < -0.39 is 5.97 Å². The van der Waals surface area contributed by atoms with E-state index in [1.807, 2.05) is 48.5 Å². The fraction of sp³-hybridized carbons (Fsp3) is 0.0870. The van der Waals surface area contributed by atoms with Crippen LogP contribution in [-0.2, 0) is 0 Å². The van der Waals surface area contributed by atoms with Crippen molar-refractivity contribution in [3.8, 4) is 39.8 Å².